The lowest BCUT2D eigenvalue weighted by Crippen LogP contribution is -2.39. The van der Waals surface area contributed by atoms with Crippen molar-refractivity contribution < 1.29 is 9.66 Å². The van der Waals surface area contributed by atoms with Crippen molar-refractivity contribution in [2.75, 3.05) is 23.7 Å². The summed E-state index contributed by atoms with van der Waals surface area (Å²) in [5.41, 5.74) is 5.36. The average molecular weight is 441 g/mol. The van der Waals surface area contributed by atoms with Crippen LogP contribution in [0.3, 0.4) is 0 Å². The molecule has 1 aromatic heterocycles. The Morgan fingerprint density at radius 1 is 1.33 bits per heavy atom. The summed E-state index contributed by atoms with van der Waals surface area (Å²) in [5, 5.41) is 10.8. The Morgan fingerprint density at radius 3 is 2.67 bits per heavy atom. The summed E-state index contributed by atoms with van der Waals surface area (Å²) in [5.74, 6) is 1.21. The molecule has 0 amide bonds. The Balaban J connectivity index is 1.62. The van der Waals surface area contributed by atoms with Crippen molar-refractivity contribution in [2.45, 2.75) is 18.9 Å². The molecule has 1 aliphatic rings. The Bertz CT molecular complexity index is 750. The predicted octanol–water partition coefficient (Wildman–Crippen LogP) is 2.62. The lowest BCUT2D eigenvalue weighted by molar-refractivity contribution is -0.384. The lowest BCUT2D eigenvalue weighted by Gasteiger charge is -2.32. The third-order valence-corrected chi connectivity index (χ3v) is 4.73. The van der Waals surface area contributed by atoms with Crippen LogP contribution in [0.1, 0.15) is 12.8 Å². The van der Waals surface area contributed by atoms with Gasteiger partial charge in [0.05, 0.1) is 8.49 Å². The van der Waals surface area contributed by atoms with Crippen molar-refractivity contribution in [3.05, 3.63) is 44.1 Å². The van der Waals surface area contributed by atoms with Crippen LogP contribution in [0.2, 0.25) is 0 Å². The zero-order valence-corrected chi connectivity index (χ0v) is 14.9. The Hall–Kier alpha value is -2.17. The van der Waals surface area contributed by atoms with E-state index in [-0.39, 0.29) is 17.6 Å². The van der Waals surface area contributed by atoms with E-state index in [1.807, 2.05) is 29.2 Å². The second-order valence-electron chi connectivity index (χ2n) is 5.43. The van der Waals surface area contributed by atoms with Gasteiger partial charge in [-0.1, -0.05) is 12.1 Å². The van der Waals surface area contributed by atoms with E-state index in [1.54, 1.807) is 0 Å². The Kier molecular flexibility index (Phi) is 4.97. The molecule has 0 spiro atoms. The second-order valence-corrected chi connectivity index (χ2v) is 6.59. The highest BCUT2D eigenvalue weighted by atomic mass is 127. The van der Waals surface area contributed by atoms with Gasteiger partial charge in [-0.2, -0.15) is 4.98 Å². The molecule has 2 N–H and O–H groups in total. The zero-order chi connectivity index (χ0) is 17.1. The number of aromatic nitrogens is 2. The van der Waals surface area contributed by atoms with Crippen LogP contribution in [0.25, 0.3) is 0 Å². The maximum atomic E-state index is 10.8. The van der Waals surface area contributed by atoms with Gasteiger partial charge in [0.1, 0.15) is 18.1 Å². The monoisotopic (exact) mass is 441 g/mol. The maximum absolute atomic E-state index is 10.8. The number of piperidine rings is 1. The minimum atomic E-state index is -0.583. The van der Waals surface area contributed by atoms with E-state index in [0.717, 1.165) is 28.4 Å². The molecule has 0 atom stereocenters. The van der Waals surface area contributed by atoms with Gasteiger partial charge in [0.2, 0.25) is 11.8 Å². The number of para-hydroxylation sites is 1. The first-order valence-electron chi connectivity index (χ1n) is 7.47. The first-order valence-corrected chi connectivity index (χ1v) is 8.55. The van der Waals surface area contributed by atoms with E-state index in [1.165, 1.54) is 0 Å². The standard InChI is InChI=1S/C15H16IN5O3/c16-11-3-1-2-4-13(11)24-10-5-7-20(8-6-10)15-18-9-12(21(22)23)14(17)19-15/h1-4,9-10H,5-8H2,(H2,17,18,19). The summed E-state index contributed by atoms with van der Waals surface area (Å²) in [4.78, 5) is 20.3. The van der Waals surface area contributed by atoms with Crippen LogP contribution < -0.4 is 15.4 Å². The second kappa shape index (κ2) is 7.16. The largest absolute Gasteiger partial charge is 0.489 e. The molecule has 0 unspecified atom stereocenters. The van der Waals surface area contributed by atoms with Crippen LogP contribution in [-0.2, 0) is 0 Å². The molecule has 126 valence electrons. The number of hydrogen-bond acceptors (Lipinski definition) is 7. The number of anilines is 2. The summed E-state index contributed by atoms with van der Waals surface area (Å²) in [6.45, 7) is 1.43. The maximum Gasteiger partial charge on any atom is 0.329 e. The van der Waals surface area contributed by atoms with E-state index >= 15 is 0 Å². The molecule has 9 heteroatoms. The van der Waals surface area contributed by atoms with Crippen LogP contribution in [0.4, 0.5) is 17.5 Å². The molecule has 2 aromatic rings. The molecule has 0 saturated carbocycles. The van der Waals surface area contributed by atoms with Gasteiger partial charge < -0.3 is 15.4 Å². The van der Waals surface area contributed by atoms with Crippen LogP contribution in [0.15, 0.2) is 30.5 Å². The molecular formula is C15H16IN5O3. The summed E-state index contributed by atoms with van der Waals surface area (Å²) in [6, 6.07) is 7.92. The number of halogens is 1. The van der Waals surface area contributed by atoms with Gasteiger partial charge >= 0.3 is 5.69 Å². The normalized spacial score (nSPS) is 15.3. The SMILES string of the molecule is Nc1nc(N2CCC(Oc3ccccc3I)CC2)ncc1[N+](=O)[O-]. The molecule has 0 bridgehead atoms. The van der Waals surface area contributed by atoms with Gasteiger partial charge in [0, 0.05) is 25.9 Å². The highest BCUT2D eigenvalue weighted by Gasteiger charge is 2.24. The third kappa shape index (κ3) is 3.66. The molecule has 1 aliphatic heterocycles. The van der Waals surface area contributed by atoms with Crippen molar-refractivity contribution in [3.63, 3.8) is 0 Å². The molecule has 3 rings (SSSR count). The van der Waals surface area contributed by atoms with Crippen LogP contribution >= 0.6 is 22.6 Å². The van der Waals surface area contributed by atoms with Gasteiger partial charge in [-0.15, -0.1) is 0 Å². The highest BCUT2D eigenvalue weighted by Crippen LogP contribution is 2.26. The molecule has 0 radical (unpaired) electrons. The van der Waals surface area contributed by atoms with Gasteiger partial charge in [-0.3, -0.25) is 10.1 Å². The van der Waals surface area contributed by atoms with E-state index in [2.05, 4.69) is 32.6 Å². The van der Waals surface area contributed by atoms with E-state index < -0.39 is 4.92 Å². The van der Waals surface area contributed by atoms with Gasteiger partial charge in [0.25, 0.3) is 0 Å². The molecule has 1 aromatic carbocycles. The topological polar surface area (TPSA) is 107 Å². The minimum absolute atomic E-state index is 0.109. The van der Waals surface area contributed by atoms with Crippen LogP contribution in [0.5, 0.6) is 5.75 Å². The molecule has 2 heterocycles. The summed E-state index contributed by atoms with van der Waals surface area (Å²) >= 11 is 2.26. The van der Waals surface area contributed by atoms with E-state index in [0.29, 0.717) is 19.0 Å². The van der Waals surface area contributed by atoms with Crippen LogP contribution in [0, 0.1) is 13.7 Å². The number of ether oxygens (including phenoxy) is 1. The number of rotatable bonds is 4. The average Bonchev–Trinajstić information content (AvgIpc) is 2.57. The van der Waals surface area contributed by atoms with E-state index in [9.17, 15) is 10.1 Å². The predicted molar refractivity (Wildman–Crippen MR) is 98.1 cm³/mol. The smallest absolute Gasteiger partial charge is 0.329 e. The Labute approximate surface area is 152 Å². The highest BCUT2D eigenvalue weighted by molar-refractivity contribution is 14.1. The van der Waals surface area contributed by atoms with E-state index in [4.69, 9.17) is 10.5 Å². The fourth-order valence-corrected chi connectivity index (χ4v) is 3.08. The summed E-state index contributed by atoms with van der Waals surface area (Å²) in [7, 11) is 0. The Morgan fingerprint density at radius 2 is 2.04 bits per heavy atom. The number of nitro groups is 1. The van der Waals surface area contributed by atoms with Crippen molar-refractivity contribution in [3.8, 4) is 5.75 Å². The summed E-state index contributed by atoms with van der Waals surface area (Å²) in [6.07, 6.45) is 2.94. The zero-order valence-electron chi connectivity index (χ0n) is 12.8. The summed E-state index contributed by atoms with van der Waals surface area (Å²) < 4.78 is 7.14. The molecule has 8 nitrogen and oxygen atoms in total. The number of nitrogens with zero attached hydrogens (tertiary/aromatic N) is 4. The molecule has 1 fully saturated rings. The fraction of sp³-hybridized carbons (Fsp3) is 0.333. The lowest BCUT2D eigenvalue weighted by atomic mass is 10.1. The fourth-order valence-electron chi connectivity index (χ4n) is 2.57. The molecule has 0 aliphatic carbocycles. The van der Waals surface area contributed by atoms with Crippen molar-refractivity contribution in [1.82, 2.24) is 9.97 Å². The molecule has 1 saturated heterocycles. The number of benzene rings is 1. The molecular weight excluding hydrogens is 425 g/mol. The van der Waals surface area contributed by atoms with Gasteiger partial charge in [-0.05, 0) is 34.7 Å². The number of hydrogen-bond donors (Lipinski definition) is 1. The molecule has 24 heavy (non-hydrogen) atoms. The number of nitrogens with two attached hydrogens (primary N) is 1. The van der Waals surface area contributed by atoms with Crippen LogP contribution in [-0.4, -0.2) is 34.1 Å². The first kappa shape index (κ1) is 16.7. The number of nitrogen functional groups attached to an aromatic ring is 1. The van der Waals surface area contributed by atoms with Crippen molar-refractivity contribution >= 4 is 40.0 Å². The van der Waals surface area contributed by atoms with Gasteiger partial charge in [0.15, 0.2) is 0 Å². The third-order valence-electron chi connectivity index (χ3n) is 3.84. The van der Waals surface area contributed by atoms with Gasteiger partial charge in [-0.25, -0.2) is 4.98 Å². The van der Waals surface area contributed by atoms with Crippen molar-refractivity contribution in [1.29, 1.82) is 0 Å². The quantitative estimate of drug-likeness (QED) is 0.442. The van der Waals surface area contributed by atoms with Crippen molar-refractivity contribution in [2.24, 2.45) is 0 Å². The first-order chi connectivity index (χ1) is 11.5. The minimum Gasteiger partial charge on any atom is -0.489 e.